The predicted molar refractivity (Wildman–Crippen MR) is 550 cm³/mol. The second kappa shape index (κ2) is 40.0. The summed E-state index contributed by atoms with van der Waals surface area (Å²) in [6, 6.07) is 57.3. The Morgan fingerprint density at radius 2 is 0.764 bits per heavy atom. The number of methoxy groups -OCH3 is 2. The minimum absolute atomic E-state index is 0.0331. The van der Waals surface area contributed by atoms with Gasteiger partial charge in [-0.1, -0.05) is 66.2 Å². The molecule has 30 nitrogen and oxygen atoms in total. The first kappa shape index (κ1) is 101. The molecule has 7 heterocycles. The molecule has 0 aliphatic rings. The first-order chi connectivity index (χ1) is 68.4. The molecule has 3 amide bonds. The van der Waals surface area contributed by atoms with Crippen LogP contribution in [-0.2, 0) is 47.9 Å². The quantitative estimate of drug-likeness (QED) is 0.0473. The van der Waals surface area contributed by atoms with E-state index in [0.717, 1.165) is 59.5 Å². The Kier molecular flexibility index (Phi) is 28.0. The van der Waals surface area contributed by atoms with Crippen molar-refractivity contribution in [2.75, 3.05) is 94.8 Å². The van der Waals surface area contributed by atoms with Gasteiger partial charge < -0.3 is 38.7 Å². The molecule has 144 heavy (non-hydrogen) atoms. The van der Waals surface area contributed by atoms with Crippen LogP contribution >= 0.6 is 0 Å². The number of benzene rings is 11. The number of aryl methyl sites for hydroxylation is 6. The zero-order chi connectivity index (χ0) is 103. The number of amides is 3. The van der Waals surface area contributed by atoms with Gasteiger partial charge in [0, 0.05) is 128 Å². The van der Waals surface area contributed by atoms with Crippen molar-refractivity contribution in [2.45, 2.75) is 60.7 Å². The number of ether oxygens (including phenoxy) is 2. The monoisotopic (exact) mass is 2010 g/mol. The molecule has 0 aliphatic carbocycles. The fourth-order valence-corrected chi connectivity index (χ4v) is 18.8. The van der Waals surface area contributed by atoms with Crippen LogP contribution in [0.2, 0.25) is 0 Å². The summed E-state index contributed by atoms with van der Waals surface area (Å²) in [6.45, 7) is 11.3. The zero-order valence-electron chi connectivity index (χ0n) is 81.1. The Labute approximate surface area is 824 Å². The molecule has 3 N–H and O–H groups in total. The number of rotatable bonds is 24. The van der Waals surface area contributed by atoms with Crippen molar-refractivity contribution < 1.29 is 79.9 Å². The minimum atomic E-state index is -3.79. The number of pyridine rings is 1. The lowest BCUT2D eigenvalue weighted by Crippen LogP contribution is -2.31. The molecule has 0 fully saturated rings. The van der Waals surface area contributed by atoms with E-state index in [9.17, 15) is 71.6 Å². The number of sulfonamides is 3. The maximum absolute atomic E-state index is 14.7. The predicted octanol–water partition coefficient (Wildman–Crippen LogP) is 17.8. The molecule has 37 heteroatoms. The van der Waals surface area contributed by atoms with Gasteiger partial charge in [0.25, 0.3) is 34.4 Å². The molecule has 18 aromatic rings. The maximum atomic E-state index is 14.7. The highest BCUT2D eigenvalue weighted by molar-refractivity contribution is 7.92. The van der Waals surface area contributed by atoms with Gasteiger partial charge in [0.2, 0.25) is 30.1 Å². The second-order valence-corrected chi connectivity index (χ2v) is 40.8. The molecule has 0 aliphatic heterocycles. The van der Waals surface area contributed by atoms with Crippen LogP contribution in [-0.4, -0.2) is 158 Å². The molecular formula is C107H97F4N13O17S3. The fraction of sp³-hybridized carbons (Fsp3) is 0.196. The third-order valence-corrected chi connectivity index (χ3v) is 28.7. The van der Waals surface area contributed by atoms with E-state index in [4.69, 9.17) is 32.7 Å². The molecule has 0 radical (unpaired) electrons. The SMILES string of the molecule is CNC(=O)c1c(-c2ccc(F)cc2)oc2cc(N(C)S(C)(=O)=O)c(-c3ccc4nc(C)n(Cc5ccc(C)cc5F)c(=O)c4c3)cc12.CNC(=O)c1c(-c2ccc(F)cc2)oc2cc(N(C)S(C)(=O)=O)c(-c3ccc4nc(C)n(Cc5ccc(C)cc5OC)c(=O)c4n3)cc12.CNC(=O)c1c(-c2ccc(F)cc2)oc2cc(N(C)S(C)(=O)=O)c(-c3ccc4nc(C)n([C@H](COC)c5ccc(C)cc5)c(=O)c4c3)cc12. The van der Waals surface area contributed by atoms with E-state index in [1.807, 2.05) is 56.3 Å². The number of halogens is 4. The van der Waals surface area contributed by atoms with Crippen LogP contribution in [0, 0.1) is 64.8 Å². The number of hydrogen-bond donors (Lipinski definition) is 3. The molecular weight excluding hydrogens is 1910 g/mol. The van der Waals surface area contributed by atoms with Gasteiger partial charge in [0.1, 0.15) is 80.5 Å². The number of hydrogen-bond acceptors (Lipinski definition) is 21. The van der Waals surface area contributed by atoms with Gasteiger partial charge in [-0.2, -0.15) is 0 Å². The van der Waals surface area contributed by atoms with Crippen LogP contribution in [0.5, 0.6) is 5.75 Å². The number of furan rings is 3. The highest BCUT2D eigenvalue weighted by Gasteiger charge is 2.33. The first-order valence-corrected chi connectivity index (χ1v) is 50.4. The highest BCUT2D eigenvalue weighted by Crippen LogP contribution is 2.47. The van der Waals surface area contributed by atoms with E-state index < -0.39 is 88.2 Å². The molecule has 738 valence electrons. The number of anilines is 3. The normalized spacial score (nSPS) is 11.9. The third kappa shape index (κ3) is 19.9. The van der Waals surface area contributed by atoms with E-state index in [1.165, 1.54) is 142 Å². The van der Waals surface area contributed by atoms with Crippen molar-refractivity contribution in [1.29, 1.82) is 0 Å². The zero-order valence-corrected chi connectivity index (χ0v) is 83.6. The lowest BCUT2D eigenvalue weighted by molar-refractivity contribution is 0.0956. The third-order valence-electron chi connectivity index (χ3n) is 25.1. The molecule has 0 saturated carbocycles. The van der Waals surface area contributed by atoms with Crippen LogP contribution in [0.15, 0.2) is 246 Å². The van der Waals surface area contributed by atoms with E-state index in [1.54, 1.807) is 131 Å². The molecule has 11 aromatic carbocycles. The van der Waals surface area contributed by atoms with Crippen LogP contribution < -0.4 is 50.3 Å². The summed E-state index contributed by atoms with van der Waals surface area (Å²) in [6.07, 6.45) is 3.19. The van der Waals surface area contributed by atoms with E-state index in [-0.39, 0.29) is 110 Å². The molecule has 0 unspecified atom stereocenters. The Balaban J connectivity index is 0.000000155. The van der Waals surface area contributed by atoms with Gasteiger partial charge in [-0.05, 0) is 209 Å². The van der Waals surface area contributed by atoms with Gasteiger partial charge in [-0.15, -0.1) is 0 Å². The van der Waals surface area contributed by atoms with Crippen molar-refractivity contribution >= 4 is 131 Å². The largest absolute Gasteiger partial charge is 0.496 e. The van der Waals surface area contributed by atoms with Crippen molar-refractivity contribution in [3.05, 3.63) is 340 Å². The first-order valence-electron chi connectivity index (χ1n) is 44.8. The number of fused-ring (bicyclic) bond motifs is 6. The van der Waals surface area contributed by atoms with Gasteiger partial charge in [0.05, 0.1) is 118 Å². The Morgan fingerprint density at radius 3 is 1.18 bits per heavy atom. The Bertz CT molecular complexity index is 8840. The van der Waals surface area contributed by atoms with E-state index in [2.05, 4.69) is 25.9 Å². The van der Waals surface area contributed by atoms with Gasteiger partial charge in [-0.25, -0.2) is 62.8 Å². The standard InChI is InChI=1S/C37H35FN4O6S.C35H30F2N4O5S.C35H32FN5O6S/c1-21-7-9-23(10-8-21)32(20-47-5)42-22(2)40-30-16-13-25(17-28(30)37(42)44)27-18-29-33(19-31(27)41(4)49(6,45)46)48-35(34(29)36(43)39-3)24-11-14-26(38)15-12-24;1-19-6-7-23(28(37)14-19)18-41-20(2)39-29-13-10-22(15-26(29)35(41)43)25-16-27-31(17-30(25)40(4)47(5,44)45)46-33(32(27)34(42)38-3)21-8-11-24(36)12-9-21;1-19-7-8-22(29(15-19)46-5)18-41-20(2)38-27-14-13-26(39-32(27)35(41)43)24-16-25-30(17-28(24)40(4)48(6,44)45)47-33(31(25)34(42)37-3)21-9-11-23(36)12-10-21/h7-19,32H,20H2,1-6H3,(H,39,43);6-17H,18H2,1-5H3,(H,38,42);7-17H,18H2,1-6H3,(H,37,42)/t32-;;/m1../s1. The van der Waals surface area contributed by atoms with Crippen molar-refractivity contribution in [3.8, 4) is 73.2 Å². The van der Waals surface area contributed by atoms with Gasteiger partial charge in [-0.3, -0.25) is 55.4 Å². The molecule has 0 saturated heterocycles. The second-order valence-electron chi connectivity index (χ2n) is 34.7. The molecule has 1 atom stereocenters. The molecule has 0 spiro atoms. The summed E-state index contributed by atoms with van der Waals surface area (Å²) < 4.78 is 170. The average Bonchev–Trinajstić information content (AvgIpc) is 1.42. The van der Waals surface area contributed by atoms with Crippen molar-refractivity contribution in [2.24, 2.45) is 0 Å². The number of carbonyl (C=O) groups excluding carboxylic acids is 3. The fourth-order valence-electron chi connectivity index (χ4n) is 17.3. The maximum Gasteiger partial charge on any atom is 0.280 e. The van der Waals surface area contributed by atoms with Crippen LogP contribution in [0.1, 0.15) is 88.0 Å². The Morgan fingerprint density at radius 1 is 0.396 bits per heavy atom. The molecule has 18 rings (SSSR count). The van der Waals surface area contributed by atoms with Crippen LogP contribution in [0.25, 0.3) is 133 Å². The lowest BCUT2D eigenvalue weighted by Gasteiger charge is -2.23. The molecule has 0 bridgehead atoms. The summed E-state index contributed by atoms with van der Waals surface area (Å²) in [5.41, 5.74) is 10.7. The number of aromatic nitrogens is 7. The van der Waals surface area contributed by atoms with Crippen LogP contribution in [0.3, 0.4) is 0 Å². The number of nitrogens with one attached hydrogen (secondary N) is 3. The van der Waals surface area contributed by atoms with Crippen molar-refractivity contribution in [3.63, 3.8) is 0 Å². The summed E-state index contributed by atoms with van der Waals surface area (Å²) in [7, 11) is 0.414. The average molecular weight is 2010 g/mol. The number of carbonyl (C=O) groups is 3. The van der Waals surface area contributed by atoms with Crippen molar-refractivity contribution in [1.82, 2.24) is 49.6 Å². The lowest BCUT2D eigenvalue weighted by atomic mass is 9.97. The van der Waals surface area contributed by atoms with Gasteiger partial charge in [0.15, 0.2) is 5.52 Å². The smallest absolute Gasteiger partial charge is 0.280 e. The summed E-state index contributed by atoms with van der Waals surface area (Å²) in [4.78, 5) is 101. The summed E-state index contributed by atoms with van der Waals surface area (Å²) >= 11 is 0. The van der Waals surface area contributed by atoms with Gasteiger partial charge >= 0.3 is 0 Å². The minimum Gasteiger partial charge on any atom is -0.496 e. The number of nitrogens with zero attached hydrogens (tertiary/aromatic N) is 10. The van der Waals surface area contributed by atoms with E-state index >= 15 is 0 Å². The summed E-state index contributed by atoms with van der Waals surface area (Å²) in [5.74, 6) is -0.625. The molecule has 7 aromatic heterocycles. The summed E-state index contributed by atoms with van der Waals surface area (Å²) in [5, 5.41) is 9.56. The highest BCUT2D eigenvalue weighted by atomic mass is 32.2. The van der Waals surface area contributed by atoms with Crippen LogP contribution in [0.4, 0.5) is 34.6 Å². The topological polar surface area (TPSA) is 375 Å². The Hall–Kier alpha value is -16.3. The van der Waals surface area contributed by atoms with E-state index in [0.29, 0.717) is 111 Å².